The molecule has 57 heavy (non-hydrogen) atoms. The van der Waals surface area contributed by atoms with Gasteiger partial charge in [0.15, 0.2) is 0 Å². The van der Waals surface area contributed by atoms with Gasteiger partial charge in [0.1, 0.15) is 0 Å². The van der Waals surface area contributed by atoms with E-state index in [4.69, 9.17) is 0 Å². The van der Waals surface area contributed by atoms with Crippen LogP contribution in [0.25, 0.3) is 87.2 Å². The van der Waals surface area contributed by atoms with Crippen molar-refractivity contribution in [2.75, 3.05) is 4.90 Å². The summed E-state index contributed by atoms with van der Waals surface area (Å²) in [4.78, 5) is 2.40. The lowest BCUT2D eigenvalue weighted by Gasteiger charge is -2.27. The van der Waals surface area contributed by atoms with E-state index in [2.05, 4.69) is 229 Å². The Kier molecular flexibility index (Phi) is 7.89. The molecule has 11 aromatic rings. The molecule has 0 spiro atoms. The van der Waals surface area contributed by atoms with Gasteiger partial charge in [-0.1, -0.05) is 182 Å². The molecule has 11 aromatic carbocycles. The summed E-state index contributed by atoms with van der Waals surface area (Å²) in [5.41, 5.74) is 10.6. The van der Waals surface area contributed by atoms with Crippen LogP contribution in [0.2, 0.25) is 0 Å². The monoisotopic (exact) mass is 723 g/mol. The molecule has 0 aliphatic carbocycles. The van der Waals surface area contributed by atoms with Crippen LogP contribution in [0.5, 0.6) is 0 Å². The summed E-state index contributed by atoms with van der Waals surface area (Å²) in [6.45, 7) is 0. The zero-order valence-corrected chi connectivity index (χ0v) is 31.3. The molecule has 0 aromatic heterocycles. The zero-order valence-electron chi connectivity index (χ0n) is 31.3. The molecule has 11 rings (SSSR count). The van der Waals surface area contributed by atoms with Gasteiger partial charge in [0.05, 0.1) is 0 Å². The van der Waals surface area contributed by atoms with E-state index in [-0.39, 0.29) is 0 Å². The first kappa shape index (κ1) is 32.9. The highest BCUT2D eigenvalue weighted by molar-refractivity contribution is 6.12. The molecule has 0 heterocycles. The first-order valence-electron chi connectivity index (χ1n) is 19.7. The van der Waals surface area contributed by atoms with E-state index >= 15 is 0 Å². The first-order valence-corrected chi connectivity index (χ1v) is 19.7. The van der Waals surface area contributed by atoms with Crippen LogP contribution < -0.4 is 4.90 Å². The van der Waals surface area contributed by atoms with E-state index in [1.165, 1.54) is 87.2 Å². The van der Waals surface area contributed by atoms with Crippen molar-refractivity contribution in [3.05, 3.63) is 224 Å². The van der Waals surface area contributed by atoms with Crippen molar-refractivity contribution in [2.45, 2.75) is 0 Å². The molecule has 0 aliphatic rings. The minimum atomic E-state index is 1.10. The third-order valence-electron chi connectivity index (χ3n) is 11.6. The highest BCUT2D eigenvalue weighted by Crippen LogP contribution is 2.41. The molecule has 1 nitrogen and oxygen atoms in total. The second kappa shape index (κ2) is 13.7. The molecule has 0 N–H and O–H groups in total. The zero-order chi connectivity index (χ0) is 37.7. The van der Waals surface area contributed by atoms with E-state index < -0.39 is 0 Å². The van der Waals surface area contributed by atoms with Gasteiger partial charge in [0.25, 0.3) is 0 Å². The maximum atomic E-state index is 2.40. The second-order valence-corrected chi connectivity index (χ2v) is 14.9. The molecular weight excluding hydrogens is 687 g/mol. The molecule has 0 radical (unpaired) electrons. The molecule has 0 amide bonds. The van der Waals surface area contributed by atoms with Gasteiger partial charge < -0.3 is 4.90 Å². The van der Waals surface area contributed by atoms with Crippen LogP contribution in [0, 0.1) is 0 Å². The van der Waals surface area contributed by atoms with Crippen LogP contribution in [0.4, 0.5) is 17.1 Å². The number of rotatable bonds is 6. The fraction of sp³-hybridized carbons (Fsp3) is 0. The van der Waals surface area contributed by atoms with Gasteiger partial charge in [0, 0.05) is 17.1 Å². The molecule has 0 unspecified atom stereocenters. The third-order valence-corrected chi connectivity index (χ3v) is 11.6. The topological polar surface area (TPSA) is 3.24 Å². The Balaban J connectivity index is 1.03. The summed E-state index contributed by atoms with van der Waals surface area (Å²) in [7, 11) is 0. The Morgan fingerprint density at radius 1 is 0.211 bits per heavy atom. The van der Waals surface area contributed by atoms with Gasteiger partial charge in [-0.25, -0.2) is 0 Å². The Morgan fingerprint density at radius 3 is 1.47 bits per heavy atom. The lowest BCUT2D eigenvalue weighted by molar-refractivity contribution is 1.29. The van der Waals surface area contributed by atoms with Crippen molar-refractivity contribution >= 4 is 70.9 Å². The van der Waals surface area contributed by atoms with Gasteiger partial charge >= 0.3 is 0 Å². The Morgan fingerprint density at radius 2 is 0.684 bits per heavy atom. The third kappa shape index (κ3) is 5.80. The summed E-state index contributed by atoms with van der Waals surface area (Å²) in [5, 5.41) is 12.6. The number of benzene rings is 11. The lowest BCUT2D eigenvalue weighted by Crippen LogP contribution is -2.10. The summed E-state index contributed by atoms with van der Waals surface area (Å²) < 4.78 is 0. The van der Waals surface area contributed by atoms with Gasteiger partial charge in [-0.2, -0.15) is 0 Å². The SMILES string of the molecule is c1cc(-c2ccc(N(c3cccc(-c4cccc5c4ccc4ccccc45)c3)c3ccc4c(ccc5ccccc54)c3)cc2)cc(-c2cccc3ccccc23)c1. The summed E-state index contributed by atoms with van der Waals surface area (Å²) >= 11 is 0. The number of anilines is 3. The number of hydrogen-bond donors (Lipinski definition) is 0. The maximum absolute atomic E-state index is 2.40. The Hall–Kier alpha value is -7.48. The van der Waals surface area contributed by atoms with E-state index in [0.29, 0.717) is 0 Å². The van der Waals surface area contributed by atoms with Crippen LogP contribution >= 0.6 is 0 Å². The van der Waals surface area contributed by atoms with Crippen LogP contribution in [-0.4, -0.2) is 0 Å². The normalized spacial score (nSPS) is 11.5. The Labute approximate surface area is 332 Å². The number of fused-ring (bicyclic) bond motifs is 7. The fourth-order valence-electron chi connectivity index (χ4n) is 8.84. The summed E-state index contributed by atoms with van der Waals surface area (Å²) in [5.74, 6) is 0. The van der Waals surface area contributed by atoms with Gasteiger partial charge in [-0.3, -0.25) is 0 Å². The molecule has 266 valence electrons. The highest BCUT2D eigenvalue weighted by Gasteiger charge is 2.16. The average Bonchev–Trinajstić information content (AvgIpc) is 3.29. The van der Waals surface area contributed by atoms with Crippen molar-refractivity contribution in [1.82, 2.24) is 0 Å². The van der Waals surface area contributed by atoms with E-state index in [1.54, 1.807) is 0 Å². The minimum absolute atomic E-state index is 1.10. The van der Waals surface area contributed by atoms with Gasteiger partial charge in [0.2, 0.25) is 0 Å². The Bertz CT molecular complexity index is 3300. The van der Waals surface area contributed by atoms with Gasteiger partial charge in [-0.15, -0.1) is 0 Å². The molecule has 0 saturated carbocycles. The largest absolute Gasteiger partial charge is 0.310 e. The standard InChI is InChI=1S/C56H37N/c1-4-19-49-39(11-1)14-9-22-52(49)43-16-7-15-42(35-43)38-27-30-46(31-28-38)57(48-32-34-54-45(37-48)26-25-40-12-2-5-20-50(40)54)47-18-8-17-44(36-47)53-23-10-24-55-51-21-6-3-13-41(51)29-33-56(53)55/h1-37H. The number of nitrogens with zero attached hydrogens (tertiary/aromatic N) is 1. The first-order chi connectivity index (χ1) is 28.2. The van der Waals surface area contributed by atoms with Crippen molar-refractivity contribution in [3.63, 3.8) is 0 Å². The van der Waals surface area contributed by atoms with Crippen molar-refractivity contribution in [2.24, 2.45) is 0 Å². The van der Waals surface area contributed by atoms with E-state index in [0.717, 1.165) is 17.1 Å². The van der Waals surface area contributed by atoms with Crippen molar-refractivity contribution in [1.29, 1.82) is 0 Å². The smallest absolute Gasteiger partial charge is 0.0468 e. The molecule has 1 heteroatoms. The average molecular weight is 724 g/mol. The van der Waals surface area contributed by atoms with Crippen molar-refractivity contribution < 1.29 is 0 Å². The second-order valence-electron chi connectivity index (χ2n) is 14.9. The van der Waals surface area contributed by atoms with Crippen molar-refractivity contribution in [3.8, 4) is 33.4 Å². The summed E-state index contributed by atoms with van der Waals surface area (Å²) in [6, 6.07) is 82.1. The van der Waals surface area contributed by atoms with E-state index in [9.17, 15) is 0 Å². The predicted molar refractivity (Wildman–Crippen MR) is 245 cm³/mol. The minimum Gasteiger partial charge on any atom is -0.310 e. The van der Waals surface area contributed by atoms with E-state index in [1.807, 2.05) is 0 Å². The molecule has 0 aliphatic heterocycles. The predicted octanol–water partition coefficient (Wildman–Crippen LogP) is 15.9. The van der Waals surface area contributed by atoms with Crippen LogP contribution in [-0.2, 0) is 0 Å². The number of hydrogen-bond acceptors (Lipinski definition) is 1. The van der Waals surface area contributed by atoms with Crippen LogP contribution in [0.3, 0.4) is 0 Å². The lowest BCUT2D eigenvalue weighted by atomic mass is 9.94. The van der Waals surface area contributed by atoms with Crippen LogP contribution in [0.15, 0.2) is 224 Å². The molecule has 0 saturated heterocycles. The molecule has 0 fully saturated rings. The van der Waals surface area contributed by atoms with Gasteiger partial charge in [-0.05, 0) is 130 Å². The fourth-order valence-corrected chi connectivity index (χ4v) is 8.84. The highest BCUT2D eigenvalue weighted by atomic mass is 15.1. The molecule has 0 atom stereocenters. The maximum Gasteiger partial charge on any atom is 0.0468 e. The quantitative estimate of drug-likeness (QED) is 0.154. The molecule has 0 bridgehead atoms. The van der Waals surface area contributed by atoms with Crippen LogP contribution in [0.1, 0.15) is 0 Å². The molecular formula is C56H37N. The summed E-state index contributed by atoms with van der Waals surface area (Å²) in [6.07, 6.45) is 0.